The van der Waals surface area contributed by atoms with Crippen LogP contribution in [0.15, 0.2) is 58.2 Å². The van der Waals surface area contributed by atoms with E-state index in [0.29, 0.717) is 16.8 Å². The molecule has 25 heavy (non-hydrogen) atoms. The zero-order chi connectivity index (χ0) is 17.2. The molecule has 1 N–H and O–H groups in total. The Morgan fingerprint density at radius 3 is 2.68 bits per heavy atom. The molecule has 2 aromatic heterocycles. The van der Waals surface area contributed by atoms with Crippen LogP contribution in [0, 0.1) is 0 Å². The Morgan fingerprint density at radius 1 is 1.16 bits per heavy atom. The summed E-state index contributed by atoms with van der Waals surface area (Å²) in [6, 6.07) is 15.4. The van der Waals surface area contributed by atoms with E-state index in [1.165, 1.54) is 23.1 Å². The van der Waals surface area contributed by atoms with E-state index in [1.807, 2.05) is 55.5 Å². The molecule has 0 fully saturated rings. The maximum atomic E-state index is 12.6. The van der Waals surface area contributed by atoms with Crippen LogP contribution in [0.4, 0.5) is 5.13 Å². The molecule has 0 radical (unpaired) electrons. The third-order valence-electron chi connectivity index (χ3n) is 3.70. The fourth-order valence-corrected chi connectivity index (χ4v) is 4.19. The number of anilines is 1. The molecule has 7 heteroatoms. The molecule has 126 valence electrons. The summed E-state index contributed by atoms with van der Waals surface area (Å²) in [6.07, 6.45) is 0.667. The molecule has 1 atom stereocenters. The van der Waals surface area contributed by atoms with E-state index >= 15 is 0 Å². The van der Waals surface area contributed by atoms with Gasteiger partial charge in [-0.05, 0) is 30.7 Å². The first-order valence-corrected chi connectivity index (χ1v) is 9.61. The number of carbonyl (C=O) groups is 1. The highest BCUT2D eigenvalue weighted by Gasteiger charge is 2.22. The number of nitrogens with one attached hydrogen (secondary N) is 1. The highest BCUT2D eigenvalue weighted by molar-refractivity contribution is 8.00. The second-order valence-corrected chi connectivity index (χ2v) is 7.62. The summed E-state index contributed by atoms with van der Waals surface area (Å²) in [6.45, 7) is 1.97. The third-order valence-corrected chi connectivity index (χ3v) is 5.86. The Kier molecular flexibility index (Phi) is 4.42. The topological polar surface area (TPSA) is 68.0 Å². The molecule has 4 aromatic rings. The van der Waals surface area contributed by atoms with E-state index in [4.69, 9.17) is 4.42 Å². The minimum Gasteiger partial charge on any atom is -0.431 e. The first-order valence-electron chi connectivity index (χ1n) is 7.91. The van der Waals surface area contributed by atoms with Crippen molar-refractivity contribution in [1.29, 1.82) is 0 Å². The fourth-order valence-electron chi connectivity index (χ4n) is 2.46. The van der Waals surface area contributed by atoms with Crippen LogP contribution in [-0.2, 0) is 4.79 Å². The maximum absolute atomic E-state index is 12.6. The Balaban J connectivity index is 1.50. The predicted octanol–water partition coefficient (Wildman–Crippen LogP) is 4.95. The Morgan fingerprint density at radius 2 is 1.92 bits per heavy atom. The number of thiazole rings is 1. The van der Waals surface area contributed by atoms with Gasteiger partial charge in [-0.3, -0.25) is 4.79 Å². The molecule has 0 aliphatic heterocycles. The van der Waals surface area contributed by atoms with Crippen molar-refractivity contribution in [1.82, 2.24) is 9.97 Å². The van der Waals surface area contributed by atoms with Crippen molar-refractivity contribution < 1.29 is 9.21 Å². The predicted molar refractivity (Wildman–Crippen MR) is 102 cm³/mol. The van der Waals surface area contributed by atoms with Crippen molar-refractivity contribution >= 4 is 55.5 Å². The van der Waals surface area contributed by atoms with Crippen LogP contribution in [-0.4, -0.2) is 21.1 Å². The summed E-state index contributed by atoms with van der Waals surface area (Å²) in [5.41, 5.74) is 2.42. The van der Waals surface area contributed by atoms with Gasteiger partial charge in [0.2, 0.25) is 5.91 Å². The minimum atomic E-state index is -0.292. The smallest absolute Gasteiger partial charge is 0.257 e. The van der Waals surface area contributed by atoms with Crippen molar-refractivity contribution in [2.45, 2.75) is 23.8 Å². The number of amides is 1. The molecule has 0 spiro atoms. The number of fused-ring (bicyclic) bond motifs is 2. The highest BCUT2D eigenvalue weighted by atomic mass is 32.2. The molecule has 1 amide bonds. The summed E-state index contributed by atoms with van der Waals surface area (Å²) in [7, 11) is 0. The summed E-state index contributed by atoms with van der Waals surface area (Å²) >= 11 is 2.81. The average molecular weight is 369 g/mol. The normalized spacial score (nSPS) is 12.5. The quantitative estimate of drug-likeness (QED) is 0.504. The van der Waals surface area contributed by atoms with Gasteiger partial charge in [-0.15, -0.1) is 0 Å². The van der Waals surface area contributed by atoms with Crippen molar-refractivity contribution in [3.05, 3.63) is 48.5 Å². The number of hydrogen-bond donors (Lipinski definition) is 1. The first-order chi connectivity index (χ1) is 12.2. The van der Waals surface area contributed by atoms with Crippen LogP contribution in [0.1, 0.15) is 13.3 Å². The van der Waals surface area contributed by atoms with E-state index in [2.05, 4.69) is 15.3 Å². The molecule has 5 nitrogen and oxygen atoms in total. The van der Waals surface area contributed by atoms with Gasteiger partial charge >= 0.3 is 0 Å². The molecule has 0 saturated heterocycles. The van der Waals surface area contributed by atoms with Crippen molar-refractivity contribution in [3.63, 3.8) is 0 Å². The van der Waals surface area contributed by atoms with Gasteiger partial charge in [0.25, 0.3) is 5.22 Å². The SMILES string of the molecule is CCC(Sc1nc2ccccc2o1)C(=O)Nc1nc2ccccc2s1. The highest BCUT2D eigenvalue weighted by Crippen LogP contribution is 2.30. The number of thioether (sulfide) groups is 1. The summed E-state index contributed by atoms with van der Waals surface area (Å²) < 4.78 is 6.76. The van der Waals surface area contributed by atoms with Gasteiger partial charge in [-0.1, -0.05) is 54.3 Å². The minimum absolute atomic E-state index is 0.0891. The van der Waals surface area contributed by atoms with Crippen molar-refractivity contribution in [3.8, 4) is 0 Å². The van der Waals surface area contributed by atoms with Crippen LogP contribution in [0.25, 0.3) is 21.3 Å². The zero-order valence-corrected chi connectivity index (χ0v) is 15.1. The van der Waals surface area contributed by atoms with Gasteiger partial charge in [0.15, 0.2) is 10.7 Å². The molecule has 1 unspecified atom stereocenters. The number of aromatic nitrogens is 2. The standard InChI is InChI=1S/C18H15N3O2S2/c1-2-14(25-18-20-11-7-3-5-9-13(11)23-18)16(22)21-17-19-12-8-4-6-10-15(12)24-17/h3-10,14H,2H2,1H3,(H,19,21,22). The van der Waals surface area contributed by atoms with Gasteiger partial charge in [-0.2, -0.15) is 0 Å². The summed E-state index contributed by atoms with van der Waals surface area (Å²) in [4.78, 5) is 21.5. The second-order valence-electron chi connectivity index (χ2n) is 5.44. The molecule has 2 heterocycles. The van der Waals surface area contributed by atoms with Gasteiger partial charge in [0.1, 0.15) is 5.52 Å². The molecule has 0 aliphatic rings. The van der Waals surface area contributed by atoms with Gasteiger partial charge in [0.05, 0.1) is 15.5 Å². The van der Waals surface area contributed by atoms with E-state index in [0.717, 1.165) is 21.3 Å². The molecule has 4 rings (SSSR count). The number of benzene rings is 2. The summed E-state index contributed by atoms with van der Waals surface area (Å²) in [5, 5.41) is 3.74. The lowest BCUT2D eigenvalue weighted by molar-refractivity contribution is -0.115. The molecular formula is C18H15N3O2S2. The molecule has 0 saturated carbocycles. The lowest BCUT2D eigenvalue weighted by atomic mass is 10.3. The maximum Gasteiger partial charge on any atom is 0.257 e. The van der Waals surface area contributed by atoms with Crippen molar-refractivity contribution in [2.24, 2.45) is 0 Å². The second kappa shape index (κ2) is 6.85. The monoisotopic (exact) mass is 369 g/mol. The van der Waals surface area contributed by atoms with Crippen LogP contribution in [0.3, 0.4) is 0 Å². The van der Waals surface area contributed by atoms with E-state index in [-0.39, 0.29) is 11.2 Å². The largest absolute Gasteiger partial charge is 0.431 e. The Hall–Kier alpha value is -2.38. The van der Waals surface area contributed by atoms with Crippen LogP contribution in [0.5, 0.6) is 0 Å². The fraction of sp³-hybridized carbons (Fsp3) is 0.167. The van der Waals surface area contributed by atoms with Gasteiger partial charge in [0, 0.05) is 0 Å². The number of para-hydroxylation sites is 3. The lowest BCUT2D eigenvalue weighted by Gasteiger charge is -2.10. The number of hydrogen-bond acceptors (Lipinski definition) is 6. The van der Waals surface area contributed by atoms with Crippen LogP contribution < -0.4 is 5.32 Å². The van der Waals surface area contributed by atoms with E-state index in [9.17, 15) is 4.79 Å². The summed E-state index contributed by atoms with van der Waals surface area (Å²) in [5.74, 6) is -0.0891. The van der Waals surface area contributed by atoms with E-state index in [1.54, 1.807) is 0 Å². The first kappa shape index (κ1) is 16.1. The Bertz CT molecular complexity index is 975. The van der Waals surface area contributed by atoms with Gasteiger partial charge < -0.3 is 9.73 Å². The van der Waals surface area contributed by atoms with Gasteiger partial charge in [-0.25, -0.2) is 9.97 Å². The molecule has 0 bridgehead atoms. The average Bonchev–Trinajstić information content (AvgIpc) is 3.21. The molecule has 0 aliphatic carbocycles. The number of oxazole rings is 1. The number of nitrogens with zero attached hydrogens (tertiary/aromatic N) is 2. The number of rotatable bonds is 5. The molecular weight excluding hydrogens is 354 g/mol. The number of carbonyl (C=O) groups excluding carboxylic acids is 1. The zero-order valence-electron chi connectivity index (χ0n) is 13.4. The van der Waals surface area contributed by atoms with Crippen LogP contribution >= 0.6 is 23.1 Å². The van der Waals surface area contributed by atoms with E-state index < -0.39 is 0 Å². The Labute approximate surface area is 152 Å². The molecule has 2 aromatic carbocycles. The lowest BCUT2D eigenvalue weighted by Crippen LogP contribution is -2.24. The third kappa shape index (κ3) is 3.38. The van der Waals surface area contributed by atoms with Crippen molar-refractivity contribution in [2.75, 3.05) is 5.32 Å². The van der Waals surface area contributed by atoms with Crippen LogP contribution in [0.2, 0.25) is 0 Å².